The van der Waals surface area contributed by atoms with Gasteiger partial charge in [-0.15, -0.1) is 0 Å². The predicted molar refractivity (Wildman–Crippen MR) is 54.5 cm³/mol. The first-order chi connectivity index (χ1) is 6.39. The summed E-state index contributed by atoms with van der Waals surface area (Å²) in [6, 6.07) is 0. The first-order valence-corrected chi connectivity index (χ1v) is 6.06. The molecule has 0 spiro atoms. The van der Waals surface area contributed by atoms with Crippen LogP contribution in [-0.2, 0) is 0 Å². The largest absolute Gasteiger partial charge is 0.391 e. The maximum Gasteiger partial charge on any atom is 0.391 e. The molecular formula is C10H17F3S. The van der Waals surface area contributed by atoms with Crippen LogP contribution >= 0.6 is 11.8 Å². The quantitative estimate of drug-likeness (QED) is 0.678. The molecule has 0 nitrogen and oxygen atoms in total. The lowest BCUT2D eigenvalue weighted by Crippen LogP contribution is -2.28. The lowest BCUT2D eigenvalue weighted by Gasteiger charge is -2.30. The van der Waals surface area contributed by atoms with Crippen molar-refractivity contribution in [1.82, 2.24) is 0 Å². The number of rotatable bonds is 2. The molecule has 1 aliphatic carbocycles. The van der Waals surface area contributed by atoms with Crippen LogP contribution in [-0.4, -0.2) is 16.7 Å². The minimum atomic E-state index is -3.96. The van der Waals surface area contributed by atoms with E-state index in [4.69, 9.17) is 0 Å². The molecule has 14 heavy (non-hydrogen) atoms. The second-order valence-electron chi connectivity index (χ2n) is 4.20. The first-order valence-electron chi connectivity index (χ1n) is 5.11. The third-order valence-electron chi connectivity index (χ3n) is 2.60. The number of thioether (sulfide) groups is 1. The molecule has 0 aliphatic heterocycles. The molecule has 0 N–H and O–H groups in total. The Morgan fingerprint density at radius 1 is 1.07 bits per heavy atom. The van der Waals surface area contributed by atoms with E-state index in [1.807, 2.05) is 11.8 Å². The molecule has 0 aromatic heterocycles. The molecule has 0 saturated heterocycles. The van der Waals surface area contributed by atoms with Crippen LogP contribution in [0.4, 0.5) is 13.2 Å². The Morgan fingerprint density at radius 2 is 1.57 bits per heavy atom. The van der Waals surface area contributed by atoms with Gasteiger partial charge in [-0.3, -0.25) is 0 Å². The van der Waals surface area contributed by atoms with Gasteiger partial charge in [0.05, 0.1) is 5.92 Å². The Kier molecular flexibility index (Phi) is 4.16. The standard InChI is InChI=1S/C10H17F3S/c1-7(2)14-9-5-3-8(4-6-9)10(11,12)13/h7-9H,3-6H2,1-2H3. The topological polar surface area (TPSA) is 0 Å². The van der Waals surface area contributed by atoms with Gasteiger partial charge in [0.1, 0.15) is 0 Å². The lowest BCUT2D eigenvalue weighted by atomic mass is 9.88. The highest BCUT2D eigenvalue weighted by molar-refractivity contribution is 8.00. The molecule has 0 aromatic carbocycles. The third-order valence-corrected chi connectivity index (χ3v) is 4.00. The van der Waals surface area contributed by atoms with Gasteiger partial charge in [-0.1, -0.05) is 13.8 Å². The zero-order chi connectivity index (χ0) is 10.8. The Labute approximate surface area is 87.6 Å². The van der Waals surface area contributed by atoms with Crippen molar-refractivity contribution in [3.63, 3.8) is 0 Å². The van der Waals surface area contributed by atoms with Crippen LogP contribution in [0.1, 0.15) is 39.5 Å². The molecule has 1 aliphatic rings. The summed E-state index contributed by atoms with van der Waals surface area (Å²) in [7, 11) is 0. The maximum atomic E-state index is 12.3. The van der Waals surface area contributed by atoms with Crippen LogP contribution in [0.3, 0.4) is 0 Å². The Balaban J connectivity index is 2.31. The van der Waals surface area contributed by atoms with Crippen molar-refractivity contribution in [1.29, 1.82) is 0 Å². The van der Waals surface area contributed by atoms with Crippen LogP contribution in [0.5, 0.6) is 0 Å². The van der Waals surface area contributed by atoms with Crippen LogP contribution in [0.15, 0.2) is 0 Å². The molecule has 0 amide bonds. The molecule has 4 heteroatoms. The monoisotopic (exact) mass is 226 g/mol. The highest BCUT2D eigenvalue weighted by Gasteiger charge is 2.41. The van der Waals surface area contributed by atoms with Crippen molar-refractivity contribution in [2.75, 3.05) is 0 Å². The van der Waals surface area contributed by atoms with E-state index in [2.05, 4.69) is 13.8 Å². The number of halogens is 3. The predicted octanol–water partition coefficient (Wildman–Crippen LogP) is 4.25. The SMILES string of the molecule is CC(C)SC1CCC(C(F)(F)F)CC1. The number of hydrogen-bond donors (Lipinski definition) is 0. The lowest BCUT2D eigenvalue weighted by molar-refractivity contribution is -0.181. The zero-order valence-electron chi connectivity index (χ0n) is 8.60. The van der Waals surface area contributed by atoms with E-state index < -0.39 is 12.1 Å². The van der Waals surface area contributed by atoms with Gasteiger partial charge < -0.3 is 0 Å². The Hall–Kier alpha value is 0.140. The summed E-state index contributed by atoms with van der Waals surface area (Å²) in [4.78, 5) is 0. The van der Waals surface area contributed by atoms with Gasteiger partial charge in [-0.25, -0.2) is 0 Å². The molecule has 1 rings (SSSR count). The van der Waals surface area contributed by atoms with Crippen molar-refractivity contribution in [3.8, 4) is 0 Å². The summed E-state index contributed by atoms with van der Waals surface area (Å²) in [5, 5.41) is 0.982. The van der Waals surface area contributed by atoms with E-state index in [-0.39, 0.29) is 0 Å². The number of alkyl halides is 3. The molecule has 0 radical (unpaired) electrons. The van der Waals surface area contributed by atoms with Gasteiger partial charge in [0.25, 0.3) is 0 Å². The fourth-order valence-electron chi connectivity index (χ4n) is 1.91. The summed E-state index contributed by atoms with van der Waals surface area (Å²) in [5.41, 5.74) is 0. The molecule has 0 bridgehead atoms. The van der Waals surface area contributed by atoms with Crippen molar-refractivity contribution in [2.24, 2.45) is 5.92 Å². The van der Waals surface area contributed by atoms with Crippen molar-refractivity contribution in [2.45, 2.75) is 56.2 Å². The van der Waals surface area contributed by atoms with E-state index in [0.29, 0.717) is 23.3 Å². The van der Waals surface area contributed by atoms with Gasteiger partial charge in [-0.2, -0.15) is 24.9 Å². The second kappa shape index (κ2) is 4.77. The fraction of sp³-hybridized carbons (Fsp3) is 1.00. The highest BCUT2D eigenvalue weighted by Crippen LogP contribution is 2.41. The minimum Gasteiger partial charge on any atom is -0.171 e. The van der Waals surface area contributed by atoms with E-state index in [0.717, 1.165) is 12.8 Å². The van der Waals surface area contributed by atoms with Crippen molar-refractivity contribution < 1.29 is 13.2 Å². The summed E-state index contributed by atoms with van der Waals surface area (Å²) < 4.78 is 37.0. The maximum absolute atomic E-state index is 12.3. The molecule has 0 atom stereocenters. The first kappa shape index (κ1) is 12.2. The van der Waals surface area contributed by atoms with Crippen molar-refractivity contribution in [3.05, 3.63) is 0 Å². The molecule has 0 unspecified atom stereocenters. The van der Waals surface area contributed by atoms with Crippen molar-refractivity contribution >= 4 is 11.8 Å². The smallest absolute Gasteiger partial charge is 0.171 e. The minimum absolute atomic E-state index is 0.327. The van der Waals surface area contributed by atoms with E-state index >= 15 is 0 Å². The normalized spacial score (nSPS) is 29.6. The van der Waals surface area contributed by atoms with Gasteiger partial charge in [0, 0.05) is 5.25 Å². The Morgan fingerprint density at radius 3 is 1.93 bits per heavy atom. The molecule has 0 heterocycles. The van der Waals surface area contributed by atoms with Gasteiger partial charge in [0.2, 0.25) is 0 Å². The zero-order valence-corrected chi connectivity index (χ0v) is 9.42. The summed E-state index contributed by atoms with van der Waals surface area (Å²) in [5.74, 6) is -1.04. The molecular weight excluding hydrogens is 209 g/mol. The second-order valence-corrected chi connectivity index (χ2v) is 6.08. The third kappa shape index (κ3) is 3.71. The average Bonchev–Trinajstić information content (AvgIpc) is 2.02. The van der Waals surface area contributed by atoms with Crippen LogP contribution in [0.25, 0.3) is 0 Å². The number of hydrogen-bond acceptors (Lipinski definition) is 1. The molecule has 0 aromatic rings. The van der Waals surface area contributed by atoms with E-state index in [9.17, 15) is 13.2 Å². The van der Waals surface area contributed by atoms with E-state index in [1.165, 1.54) is 0 Å². The van der Waals surface area contributed by atoms with Crippen LogP contribution in [0, 0.1) is 5.92 Å². The Bertz CT molecular complexity index is 169. The highest BCUT2D eigenvalue weighted by atomic mass is 32.2. The van der Waals surface area contributed by atoms with Gasteiger partial charge >= 0.3 is 6.18 Å². The summed E-state index contributed by atoms with van der Waals surface area (Å²) in [6.07, 6.45) is -1.85. The van der Waals surface area contributed by atoms with E-state index in [1.54, 1.807) is 0 Å². The van der Waals surface area contributed by atoms with Crippen LogP contribution in [0.2, 0.25) is 0 Å². The molecule has 84 valence electrons. The van der Waals surface area contributed by atoms with Gasteiger partial charge in [-0.05, 0) is 30.9 Å². The summed E-state index contributed by atoms with van der Waals surface area (Å²) in [6.45, 7) is 4.20. The summed E-state index contributed by atoms with van der Waals surface area (Å²) >= 11 is 1.82. The molecule has 1 saturated carbocycles. The average molecular weight is 226 g/mol. The van der Waals surface area contributed by atoms with Crippen LogP contribution < -0.4 is 0 Å². The fourth-order valence-corrected chi connectivity index (χ4v) is 3.23. The molecule has 1 fully saturated rings. The van der Waals surface area contributed by atoms with Gasteiger partial charge in [0.15, 0.2) is 0 Å².